The third kappa shape index (κ3) is 1.71. The van der Waals surface area contributed by atoms with Crippen LogP contribution in [0.2, 0.25) is 0 Å². The Labute approximate surface area is 80.4 Å². The average Bonchev–Trinajstić information content (AvgIpc) is 2.02. The fourth-order valence-corrected chi connectivity index (χ4v) is 1.42. The van der Waals surface area contributed by atoms with E-state index in [1.165, 1.54) is 0 Å². The highest BCUT2D eigenvalue weighted by atomic mass is 16.6. The third-order valence-electron chi connectivity index (χ3n) is 2.38. The highest BCUT2D eigenvalue weighted by Crippen LogP contribution is 2.43. The first kappa shape index (κ1) is 10.9. The maximum atomic E-state index is 11.3. The van der Waals surface area contributed by atoms with Crippen molar-refractivity contribution in [3.05, 3.63) is 0 Å². The van der Waals surface area contributed by atoms with Crippen LogP contribution in [0.25, 0.3) is 0 Å². The minimum absolute atomic E-state index is 0.338. The summed E-state index contributed by atoms with van der Waals surface area (Å²) < 4.78 is 8.70. The zero-order valence-corrected chi connectivity index (χ0v) is 7.56. The van der Waals surface area contributed by atoms with Gasteiger partial charge >= 0.3 is 11.9 Å². The number of hydrogen-bond donors (Lipinski definition) is 2. The summed E-state index contributed by atoms with van der Waals surface area (Å²) in [6.07, 6.45) is 1.40. The molecule has 0 aliphatic heterocycles. The first-order valence-corrected chi connectivity index (χ1v) is 4.23. The van der Waals surface area contributed by atoms with Gasteiger partial charge in [-0.15, -0.1) is 0 Å². The number of carbonyl (C=O) groups excluding carboxylic acids is 2. The molecule has 1 aliphatic carbocycles. The molecule has 1 saturated carbocycles. The quantitative estimate of drug-likeness (QED) is 0.351. The monoisotopic (exact) mass is 204 g/mol. The summed E-state index contributed by atoms with van der Waals surface area (Å²) in [5, 5.41) is 16.8. The zero-order chi connectivity index (χ0) is 10.6. The molecule has 0 spiro atoms. The minimum Gasteiger partial charge on any atom is -0.438 e. The smallest absolute Gasteiger partial charge is 0.325 e. The van der Waals surface area contributed by atoms with Gasteiger partial charge in [0.1, 0.15) is 0 Å². The molecule has 0 aromatic rings. The Morgan fingerprint density at radius 2 is 1.50 bits per heavy atom. The number of rotatable bonds is 4. The van der Waals surface area contributed by atoms with Gasteiger partial charge in [-0.05, 0) is 19.3 Å². The topological polar surface area (TPSA) is 93.1 Å². The van der Waals surface area contributed by atoms with E-state index < -0.39 is 30.9 Å². The number of ether oxygens (including phenoxy) is 2. The molecule has 1 aliphatic rings. The minimum atomic E-state index is -1.30. The number of hydrogen-bond acceptors (Lipinski definition) is 6. The lowest BCUT2D eigenvalue weighted by Gasteiger charge is -2.35. The van der Waals surface area contributed by atoms with Gasteiger partial charge in [-0.25, -0.2) is 0 Å². The zero-order valence-electron chi connectivity index (χ0n) is 7.56. The summed E-state index contributed by atoms with van der Waals surface area (Å²) in [7, 11) is 0. The van der Waals surface area contributed by atoms with E-state index in [1.807, 2.05) is 0 Å². The Kier molecular flexibility index (Phi) is 3.43. The average molecular weight is 204 g/mol. The molecule has 2 N–H and O–H groups in total. The van der Waals surface area contributed by atoms with Gasteiger partial charge in [-0.2, -0.15) is 0 Å². The molecule has 0 aromatic heterocycles. The van der Waals surface area contributed by atoms with Crippen molar-refractivity contribution in [3.63, 3.8) is 0 Å². The van der Waals surface area contributed by atoms with Gasteiger partial charge in [0.25, 0.3) is 0 Å². The molecule has 0 radical (unpaired) electrons. The first-order valence-electron chi connectivity index (χ1n) is 4.23. The molecule has 0 unspecified atom stereocenters. The largest absolute Gasteiger partial charge is 0.438 e. The van der Waals surface area contributed by atoms with Gasteiger partial charge in [0.05, 0.1) is 0 Å². The molecule has 0 aromatic carbocycles. The standard InChI is InChI=1S/C8H12O6/c9-4-13-6(11)8(2-1-3-8)7(12)14-5-10/h9-10H,1-5H2. The van der Waals surface area contributed by atoms with Crippen LogP contribution in [0, 0.1) is 5.41 Å². The van der Waals surface area contributed by atoms with Crippen LogP contribution in [-0.4, -0.2) is 35.7 Å². The van der Waals surface area contributed by atoms with E-state index in [4.69, 9.17) is 10.2 Å². The van der Waals surface area contributed by atoms with E-state index in [0.717, 1.165) is 6.42 Å². The Morgan fingerprint density at radius 1 is 1.07 bits per heavy atom. The highest BCUT2D eigenvalue weighted by Gasteiger charge is 2.53. The summed E-state index contributed by atoms with van der Waals surface area (Å²) in [6.45, 7) is -1.51. The van der Waals surface area contributed by atoms with Crippen molar-refractivity contribution in [2.24, 2.45) is 5.41 Å². The Morgan fingerprint density at radius 3 is 1.71 bits per heavy atom. The van der Waals surface area contributed by atoms with Crippen molar-refractivity contribution in [1.82, 2.24) is 0 Å². The lowest BCUT2D eigenvalue weighted by atomic mass is 9.69. The fraction of sp³-hybridized carbons (Fsp3) is 0.750. The normalized spacial score (nSPS) is 18.1. The highest BCUT2D eigenvalue weighted by molar-refractivity contribution is 6.00. The van der Waals surface area contributed by atoms with Crippen molar-refractivity contribution in [3.8, 4) is 0 Å². The van der Waals surface area contributed by atoms with Crippen LogP contribution in [0.5, 0.6) is 0 Å². The maximum absolute atomic E-state index is 11.3. The molecule has 6 nitrogen and oxygen atoms in total. The Balaban J connectivity index is 2.65. The van der Waals surface area contributed by atoms with Crippen LogP contribution in [0.15, 0.2) is 0 Å². The molecule has 0 saturated heterocycles. The van der Waals surface area contributed by atoms with Gasteiger partial charge in [0.15, 0.2) is 19.0 Å². The van der Waals surface area contributed by atoms with Gasteiger partial charge in [-0.3, -0.25) is 9.59 Å². The van der Waals surface area contributed by atoms with Gasteiger partial charge in [-0.1, -0.05) is 0 Å². The van der Waals surface area contributed by atoms with E-state index >= 15 is 0 Å². The van der Waals surface area contributed by atoms with Crippen molar-refractivity contribution in [2.75, 3.05) is 13.6 Å². The molecule has 0 heterocycles. The van der Waals surface area contributed by atoms with Crippen LogP contribution in [0.3, 0.4) is 0 Å². The molecule has 14 heavy (non-hydrogen) atoms. The maximum Gasteiger partial charge on any atom is 0.325 e. The van der Waals surface area contributed by atoms with Gasteiger partial charge in [0, 0.05) is 0 Å². The molecule has 80 valence electrons. The van der Waals surface area contributed by atoms with E-state index in [1.54, 1.807) is 0 Å². The molecule has 0 atom stereocenters. The van der Waals surface area contributed by atoms with Crippen molar-refractivity contribution in [2.45, 2.75) is 19.3 Å². The van der Waals surface area contributed by atoms with Crippen LogP contribution >= 0.6 is 0 Å². The summed E-state index contributed by atoms with van der Waals surface area (Å²) in [5.74, 6) is -1.57. The van der Waals surface area contributed by atoms with Gasteiger partial charge < -0.3 is 19.7 Å². The summed E-state index contributed by atoms with van der Waals surface area (Å²) >= 11 is 0. The number of carbonyl (C=O) groups is 2. The van der Waals surface area contributed by atoms with E-state index in [9.17, 15) is 9.59 Å². The van der Waals surface area contributed by atoms with E-state index in [2.05, 4.69) is 9.47 Å². The fourth-order valence-electron chi connectivity index (χ4n) is 1.42. The number of esters is 2. The third-order valence-corrected chi connectivity index (χ3v) is 2.38. The molecule has 6 heteroatoms. The van der Waals surface area contributed by atoms with Crippen molar-refractivity contribution in [1.29, 1.82) is 0 Å². The van der Waals surface area contributed by atoms with Crippen LogP contribution in [-0.2, 0) is 19.1 Å². The Hall–Kier alpha value is -1.14. The SMILES string of the molecule is O=C(OCO)C1(C(=O)OCO)CCC1. The summed E-state index contributed by atoms with van der Waals surface area (Å²) in [4.78, 5) is 22.6. The molecule has 0 bridgehead atoms. The lowest BCUT2D eigenvalue weighted by Crippen LogP contribution is -2.47. The van der Waals surface area contributed by atoms with Crippen molar-refractivity contribution < 1.29 is 29.3 Å². The summed E-state index contributed by atoms with van der Waals surface area (Å²) in [5.41, 5.74) is -1.30. The number of aliphatic hydroxyl groups is 2. The Bertz CT molecular complexity index is 212. The summed E-state index contributed by atoms with van der Waals surface area (Å²) in [6, 6.07) is 0. The van der Waals surface area contributed by atoms with E-state index in [-0.39, 0.29) is 0 Å². The van der Waals surface area contributed by atoms with Gasteiger partial charge in [0.2, 0.25) is 0 Å². The molecular formula is C8H12O6. The molecule has 1 fully saturated rings. The predicted molar refractivity (Wildman–Crippen MR) is 42.6 cm³/mol. The second-order valence-corrected chi connectivity index (χ2v) is 3.06. The lowest BCUT2D eigenvalue weighted by molar-refractivity contribution is -0.188. The molecule has 0 amide bonds. The van der Waals surface area contributed by atoms with E-state index in [0.29, 0.717) is 12.8 Å². The van der Waals surface area contributed by atoms with Crippen molar-refractivity contribution >= 4 is 11.9 Å². The second-order valence-electron chi connectivity index (χ2n) is 3.06. The molecular weight excluding hydrogens is 192 g/mol. The first-order chi connectivity index (χ1) is 6.67. The van der Waals surface area contributed by atoms with Crippen LogP contribution in [0.4, 0.5) is 0 Å². The van der Waals surface area contributed by atoms with Crippen LogP contribution < -0.4 is 0 Å². The van der Waals surface area contributed by atoms with Crippen LogP contribution in [0.1, 0.15) is 19.3 Å². The molecule has 1 rings (SSSR count). The predicted octanol–water partition coefficient (Wildman–Crippen LogP) is -0.857. The second kappa shape index (κ2) is 4.39. The number of aliphatic hydroxyl groups excluding tert-OH is 2.